The molecule has 0 saturated carbocycles. The molecule has 0 heterocycles. The molecule has 2 atom stereocenters. The molecule has 17 heavy (non-hydrogen) atoms. The molecule has 0 fully saturated rings. The number of amides is 2. The quantitative estimate of drug-likeness (QED) is 0.692. The molecular formula is C10H22N2O4S. The summed E-state index contributed by atoms with van der Waals surface area (Å²) in [4.78, 5) is 13.0. The van der Waals surface area contributed by atoms with Gasteiger partial charge in [-0.25, -0.2) is 13.2 Å². The SMILES string of the molecule is COCCNC(=O)N(C)C(C)C(C)S(C)(=O)=O. The van der Waals surface area contributed by atoms with E-state index in [9.17, 15) is 13.2 Å². The van der Waals surface area contributed by atoms with Crippen LogP contribution in [0.1, 0.15) is 13.8 Å². The first kappa shape index (κ1) is 16.2. The van der Waals surface area contributed by atoms with Crippen molar-refractivity contribution in [1.82, 2.24) is 10.2 Å². The van der Waals surface area contributed by atoms with Crippen LogP contribution >= 0.6 is 0 Å². The number of hydrogen-bond acceptors (Lipinski definition) is 4. The number of rotatable bonds is 6. The highest BCUT2D eigenvalue weighted by atomic mass is 32.2. The minimum atomic E-state index is -3.15. The molecule has 0 saturated heterocycles. The Labute approximate surface area is 103 Å². The van der Waals surface area contributed by atoms with Gasteiger partial charge in [-0.05, 0) is 13.8 Å². The fourth-order valence-corrected chi connectivity index (χ4v) is 2.14. The molecular weight excluding hydrogens is 244 g/mol. The molecule has 0 spiro atoms. The number of hydrogen-bond donors (Lipinski definition) is 1. The first-order chi connectivity index (χ1) is 7.71. The number of urea groups is 1. The van der Waals surface area contributed by atoms with Crippen LogP contribution in [0.2, 0.25) is 0 Å². The first-order valence-corrected chi connectivity index (χ1v) is 7.35. The summed E-state index contributed by atoms with van der Waals surface area (Å²) < 4.78 is 27.6. The zero-order chi connectivity index (χ0) is 13.6. The number of nitrogens with one attached hydrogen (secondary N) is 1. The molecule has 2 unspecified atom stereocenters. The standard InChI is InChI=1S/C10H22N2O4S/c1-8(9(2)17(5,14)15)12(3)10(13)11-6-7-16-4/h8-9H,6-7H2,1-5H3,(H,11,13). The van der Waals surface area contributed by atoms with Gasteiger partial charge in [0.1, 0.15) is 0 Å². The number of carbonyl (C=O) groups excluding carboxylic acids is 1. The van der Waals surface area contributed by atoms with Gasteiger partial charge in [0.15, 0.2) is 9.84 Å². The lowest BCUT2D eigenvalue weighted by molar-refractivity contribution is 0.177. The van der Waals surface area contributed by atoms with Crippen LogP contribution < -0.4 is 5.32 Å². The zero-order valence-electron chi connectivity index (χ0n) is 11.1. The normalized spacial score (nSPS) is 15.1. The van der Waals surface area contributed by atoms with Gasteiger partial charge in [-0.2, -0.15) is 0 Å². The molecule has 0 aliphatic rings. The average molecular weight is 266 g/mol. The summed E-state index contributed by atoms with van der Waals surface area (Å²) in [5, 5.41) is 2.04. The smallest absolute Gasteiger partial charge is 0.317 e. The Kier molecular flexibility index (Phi) is 6.48. The van der Waals surface area contributed by atoms with Gasteiger partial charge in [0.2, 0.25) is 0 Å². The van der Waals surface area contributed by atoms with E-state index in [0.717, 1.165) is 0 Å². The lowest BCUT2D eigenvalue weighted by Crippen LogP contribution is -2.49. The largest absolute Gasteiger partial charge is 0.383 e. The number of methoxy groups -OCH3 is 1. The molecule has 0 aliphatic heterocycles. The lowest BCUT2D eigenvalue weighted by Gasteiger charge is -2.29. The van der Waals surface area contributed by atoms with Crippen molar-refractivity contribution >= 4 is 15.9 Å². The molecule has 7 heteroatoms. The molecule has 0 aromatic heterocycles. The van der Waals surface area contributed by atoms with Crippen LogP contribution in [-0.4, -0.2) is 64.2 Å². The van der Waals surface area contributed by atoms with Crippen molar-refractivity contribution in [3.8, 4) is 0 Å². The van der Waals surface area contributed by atoms with Gasteiger partial charge in [-0.3, -0.25) is 0 Å². The number of nitrogens with zero attached hydrogens (tertiary/aromatic N) is 1. The van der Waals surface area contributed by atoms with Crippen LogP contribution in [0.3, 0.4) is 0 Å². The summed E-state index contributed by atoms with van der Waals surface area (Å²) in [6.45, 7) is 4.13. The fraction of sp³-hybridized carbons (Fsp3) is 0.900. The predicted octanol–water partition coefficient (Wildman–Crippen LogP) is 0.0958. The van der Waals surface area contributed by atoms with Gasteiger partial charge in [-0.15, -0.1) is 0 Å². The molecule has 0 aromatic rings. The van der Waals surface area contributed by atoms with Crippen LogP contribution in [0, 0.1) is 0 Å². The molecule has 102 valence electrons. The lowest BCUT2D eigenvalue weighted by atomic mass is 10.2. The van der Waals surface area contributed by atoms with E-state index in [2.05, 4.69) is 5.32 Å². The minimum absolute atomic E-state index is 0.301. The van der Waals surface area contributed by atoms with E-state index in [1.165, 1.54) is 11.2 Å². The summed E-state index contributed by atoms with van der Waals surface area (Å²) in [6, 6.07) is -0.683. The Morgan fingerprint density at radius 3 is 2.35 bits per heavy atom. The van der Waals surface area contributed by atoms with Crippen molar-refractivity contribution in [2.75, 3.05) is 33.6 Å². The van der Waals surface area contributed by atoms with Gasteiger partial charge >= 0.3 is 6.03 Å². The Morgan fingerprint density at radius 2 is 1.94 bits per heavy atom. The van der Waals surface area contributed by atoms with Crippen molar-refractivity contribution in [2.45, 2.75) is 25.1 Å². The van der Waals surface area contributed by atoms with E-state index in [1.54, 1.807) is 28.0 Å². The summed E-state index contributed by atoms with van der Waals surface area (Å²) in [5.74, 6) is 0. The Balaban J connectivity index is 4.39. The Hall–Kier alpha value is -0.820. The van der Waals surface area contributed by atoms with E-state index in [0.29, 0.717) is 13.2 Å². The molecule has 0 rings (SSSR count). The first-order valence-electron chi connectivity index (χ1n) is 5.40. The zero-order valence-corrected chi connectivity index (χ0v) is 11.9. The third-order valence-electron chi connectivity index (χ3n) is 2.87. The number of sulfone groups is 1. The summed E-state index contributed by atoms with van der Waals surface area (Å²) in [7, 11) is -0.0284. The highest BCUT2D eigenvalue weighted by Crippen LogP contribution is 2.09. The fourth-order valence-electron chi connectivity index (χ4n) is 1.24. The van der Waals surface area contributed by atoms with Crippen LogP contribution in [0.5, 0.6) is 0 Å². The molecule has 0 radical (unpaired) electrons. The van der Waals surface area contributed by atoms with Crippen LogP contribution in [0.4, 0.5) is 4.79 Å². The number of ether oxygens (including phenoxy) is 1. The van der Waals surface area contributed by atoms with E-state index in [4.69, 9.17) is 4.74 Å². The Bertz CT molecular complexity index is 342. The van der Waals surface area contributed by atoms with Crippen LogP contribution in [0.25, 0.3) is 0 Å². The minimum Gasteiger partial charge on any atom is -0.383 e. The third-order valence-corrected chi connectivity index (χ3v) is 4.61. The second-order valence-electron chi connectivity index (χ2n) is 4.11. The second kappa shape index (κ2) is 6.80. The van der Waals surface area contributed by atoms with Crippen LogP contribution in [-0.2, 0) is 14.6 Å². The van der Waals surface area contributed by atoms with Crippen molar-refractivity contribution in [1.29, 1.82) is 0 Å². The van der Waals surface area contributed by atoms with E-state index in [1.807, 2.05) is 0 Å². The second-order valence-corrected chi connectivity index (χ2v) is 6.51. The maximum atomic E-state index is 11.7. The molecule has 0 aromatic carbocycles. The molecule has 2 amide bonds. The van der Waals surface area contributed by atoms with Crippen molar-refractivity contribution in [3.05, 3.63) is 0 Å². The predicted molar refractivity (Wildman–Crippen MR) is 66.8 cm³/mol. The monoisotopic (exact) mass is 266 g/mol. The van der Waals surface area contributed by atoms with Gasteiger partial charge in [0.25, 0.3) is 0 Å². The Morgan fingerprint density at radius 1 is 1.41 bits per heavy atom. The van der Waals surface area contributed by atoms with Gasteiger partial charge in [0.05, 0.1) is 11.9 Å². The third kappa shape index (κ3) is 5.36. The van der Waals surface area contributed by atoms with E-state index >= 15 is 0 Å². The summed E-state index contributed by atoms with van der Waals surface area (Å²) in [5.41, 5.74) is 0. The van der Waals surface area contributed by atoms with Crippen molar-refractivity contribution in [3.63, 3.8) is 0 Å². The van der Waals surface area contributed by atoms with Gasteiger partial charge in [-0.1, -0.05) is 0 Å². The van der Waals surface area contributed by atoms with E-state index in [-0.39, 0.29) is 12.1 Å². The highest BCUT2D eigenvalue weighted by molar-refractivity contribution is 7.91. The summed E-state index contributed by atoms with van der Waals surface area (Å²) >= 11 is 0. The van der Waals surface area contributed by atoms with Gasteiger partial charge < -0.3 is 15.0 Å². The topological polar surface area (TPSA) is 75.7 Å². The molecule has 1 N–H and O–H groups in total. The van der Waals surface area contributed by atoms with Gasteiger partial charge in [0, 0.05) is 33.0 Å². The van der Waals surface area contributed by atoms with Crippen LogP contribution in [0.15, 0.2) is 0 Å². The maximum Gasteiger partial charge on any atom is 0.317 e. The molecule has 0 bridgehead atoms. The maximum absolute atomic E-state index is 11.7. The number of carbonyl (C=O) groups is 1. The van der Waals surface area contributed by atoms with E-state index < -0.39 is 15.1 Å². The van der Waals surface area contributed by atoms with Crippen molar-refractivity contribution < 1.29 is 17.9 Å². The molecule has 6 nitrogen and oxygen atoms in total. The highest BCUT2D eigenvalue weighted by Gasteiger charge is 2.27. The molecule has 0 aliphatic carbocycles. The summed E-state index contributed by atoms with van der Waals surface area (Å²) in [6.07, 6.45) is 1.17. The van der Waals surface area contributed by atoms with Crippen molar-refractivity contribution in [2.24, 2.45) is 0 Å². The average Bonchev–Trinajstić information content (AvgIpc) is 2.25.